The van der Waals surface area contributed by atoms with Gasteiger partial charge in [-0.2, -0.15) is 0 Å². The van der Waals surface area contributed by atoms with Crippen molar-refractivity contribution in [3.05, 3.63) is 0 Å². The molecular formula is C4H8O7. The molecule has 0 spiro atoms. The van der Waals surface area contributed by atoms with Crippen LogP contribution in [0.4, 0.5) is 0 Å². The zero-order chi connectivity index (χ0) is 9.28. The van der Waals surface area contributed by atoms with Crippen LogP contribution in [0.5, 0.6) is 0 Å². The lowest BCUT2D eigenvalue weighted by molar-refractivity contribution is -0.243. The molecule has 0 aliphatic heterocycles. The van der Waals surface area contributed by atoms with Gasteiger partial charge < -0.3 is 15.3 Å². The van der Waals surface area contributed by atoms with Crippen molar-refractivity contribution in [2.45, 2.75) is 0 Å². The second-order valence-electron chi connectivity index (χ2n) is 1.22. The second-order valence-corrected chi connectivity index (χ2v) is 1.22. The first-order valence-electron chi connectivity index (χ1n) is 2.35. The summed E-state index contributed by atoms with van der Waals surface area (Å²) in [6.45, 7) is -1.43. The molecule has 7 nitrogen and oxygen atoms in total. The SMILES string of the molecule is O=C(O)CO.O=C(O)COO. The molecule has 0 saturated heterocycles. The van der Waals surface area contributed by atoms with Crippen molar-refractivity contribution in [1.82, 2.24) is 0 Å². The first-order valence-corrected chi connectivity index (χ1v) is 2.35. The van der Waals surface area contributed by atoms with Gasteiger partial charge in [0.05, 0.1) is 0 Å². The van der Waals surface area contributed by atoms with Gasteiger partial charge in [0.25, 0.3) is 0 Å². The van der Waals surface area contributed by atoms with Crippen molar-refractivity contribution in [1.29, 1.82) is 0 Å². The molecule has 0 aromatic rings. The average Bonchev–Trinajstić information content (AvgIpc) is 1.89. The summed E-state index contributed by atoms with van der Waals surface area (Å²) in [7, 11) is 0. The van der Waals surface area contributed by atoms with Crippen LogP contribution in [-0.4, -0.2) is 45.7 Å². The molecule has 7 heteroatoms. The molecule has 11 heavy (non-hydrogen) atoms. The van der Waals surface area contributed by atoms with E-state index in [9.17, 15) is 4.79 Å². The molecule has 0 fully saturated rings. The minimum atomic E-state index is -1.19. The Bertz CT molecular complexity index is 120. The van der Waals surface area contributed by atoms with Gasteiger partial charge in [-0.3, -0.25) is 5.26 Å². The highest BCUT2D eigenvalue weighted by Gasteiger charge is 1.89. The number of aliphatic hydroxyl groups excluding tert-OH is 1. The van der Waals surface area contributed by atoms with Crippen molar-refractivity contribution in [2.24, 2.45) is 0 Å². The van der Waals surface area contributed by atoms with Crippen molar-refractivity contribution in [3.63, 3.8) is 0 Å². The molecule has 0 heterocycles. The Hall–Kier alpha value is -1.18. The highest BCUT2D eigenvalue weighted by molar-refractivity contribution is 5.68. The van der Waals surface area contributed by atoms with E-state index in [4.69, 9.17) is 25.4 Å². The predicted octanol–water partition coefficient (Wildman–Crippen LogP) is -1.38. The molecular weight excluding hydrogens is 160 g/mol. The largest absolute Gasteiger partial charge is 0.480 e. The van der Waals surface area contributed by atoms with Crippen molar-refractivity contribution < 1.29 is 35.1 Å². The van der Waals surface area contributed by atoms with E-state index in [0.717, 1.165) is 0 Å². The van der Waals surface area contributed by atoms with E-state index in [2.05, 4.69) is 4.89 Å². The zero-order valence-electron chi connectivity index (χ0n) is 5.43. The lowest BCUT2D eigenvalue weighted by Crippen LogP contribution is -2.03. The maximum Gasteiger partial charge on any atom is 0.333 e. The van der Waals surface area contributed by atoms with Gasteiger partial charge in [-0.15, -0.1) is 0 Å². The first kappa shape index (κ1) is 12.5. The van der Waals surface area contributed by atoms with Gasteiger partial charge in [0.2, 0.25) is 0 Å². The standard InChI is InChI=1S/C2H4O4.C2H4O3/c3-2(4)1-6-5;3-1-2(4)5/h5H,1H2,(H,3,4);3H,1H2,(H,4,5). The third-order valence-corrected chi connectivity index (χ3v) is 0.323. The van der Waals surface area contributed by atoms with Crippen LogP contribution >= 0.6 is 0 Å². The summed E-state index contributed by atoms with van der Waals surface area (Å²) < 4.78 is 0. The van der Waals surface area contributed by atoms with E-state index in [1.54, 1.807) is 0 Å². The fraction of sp³-hybridized carbons (Fsp3) is 0.500. The maximum absolute atomic E-state index is 9.31. The molecule has 66 valence electrons. The highest BCUT2D eigenvalue weighted by atomic mass is 17.1. The maximum atomic E-state index is 9.31. The van der Waals surface area contributed by atoms with Crippen LogP contribution < -0.4 is 0 Å². The summed E-state index contributed by atoms with van der Waals surface area (Å²) >= 11 is 0. The Labute approximate surface area is 61.4 Å². The van der Waals surface area contributed by atoms with E-state index >= 15 is 0 Å². The van der Waals surface area contributed by atoms with E-state index in [0.29, 0.717) is 0 Å². The monoisotopic (exact) mass is 168 g/mol. The number of carbonyl (C=O) groups is 2. The average molecular weight is 168 g/mol. The fourth-order valence-corrected chi connectivity index (χ4v) is 0.0552. The number of carboxylic acids is 2. The number of carboxylic acid groups (broad SMARTS) is 2. The molecule has 0 rings (SSSR count). The zero-order valence-corrected chi connectivity index (χ0v) is 5.43. The Kier molecular flexibility index (Phi) is 10.0. The Balaban J connectivity index is 0. The van der Waals surface area contributed by atoms with Gasteiger partial charge in [0, 0.05) is 0 Å². The van der Waals surface area contributed by atoms with Crippen LogP contribution in [0.25, 0.3) is 0 Å². The van der Waals surface area contributed by atoms with E-state index in [-0.39, 0.29) is 0 Å². The van der Waals surface area contributed by atoms with Crippen molar-refractivity contribution in [3.8, 4) is 0 Å². The van der Waals surface area contributed by atoms with Crippen molar-refractivity contribution in [2.75, 3.05) is 13.2 Å². The Morgan fingerprint density at radius 3 is 1.55 bits per heavy atom. The quantitative estimate of drug-likeness (QED) is 0.302. The molecule has 0 atom stereocenters. The molecule has 4 N–H and O–H groups in total. The molecule has 0 amide bonds. The first-order chi connectivity index (χ1) is 5.04. The minimum Gasteiger partial charge on any atom is -0.480 e. The van der Waals surface area contributed by atoms with Crippen LogP contribution in [0.1, 0.15) is 0 Å². The van der Waals surface area contributed by atoms with Crippen LogP contribution in [0.3, 0.4) is 0 Å². The number of rotatable bonds is 3. The number of aliphatic hydroxyl groups is 1. The lowest BCUT2D eigenvalue weighted by atomic mass is 10.8. The molecule has 0 aliphatic rings. The minimum absolute atomic E-state index is 0.653. The number of aliphatic carboxylic acids is 2. The summed E-state index contributed by atoms with van der Waals surface area (Å²) in [5, 5.41) is 30.0. The molecule has 0 unspecified atom stereocenters. The summed E-state index contributed by atoms with van der Waals surface area (Å²) in [6.07, 6.45) is 0. The van der Waals surface area contributed by atoms with Gasteiger partial charge in [0.15, 0.2) is 6.61 Å². The van der Waals surface area contributed by atoms with E-state index < -0.39 is 25.2 Å². The molecule has 0 saturated carbocycles. The number of hydrogen-bond donors (Lipinski definition) is 4. The number of hydrogen-bond acceptors (Lipinski definition) is 5. The third kappa shape index (κ3) is 28.1. The smallest absolute Gasteiger partial charge is 0.333 e. The van der Waals surface area contributed by atoms with E-state index in [1.165, 1.54) is 0 Å². The molecule has 0 aromatic heterocycles. The molecule has 0 bridgehead atoms. The lowest BCUT2D eigenvalue weighted by Gasteiger charge is -1.81. The van der Waals surface area contributed by atoms with Gasteiger partial charge in [-0.25, -0.2) is 14.5 Å². The third-order valence-electron chi connectivity index (χ3n) is 0.323. The highest BCUT2D eigenvalue weighted by Crippen LogP contribution is 1.61. The van der Waals surface area contributed by atoms with Gasteiger partial charge in [0.1, 0.15) is 6.61 Å². The van der Waals surface area contributed by atoms with Crippen LogP contribution in [0, 0.1) is 0 Å². The van der Waals surface area contributed by atoms with Crippen LogP contribution in [0.2, 0.25) is 0 Å². The topological polar surface area (TPSA) is 124 Å². The summed E-state index contributed by atoms with van der Waals surface area (Å²) in [5.74, 6) is -2.37. The van der Waals surface area contributed by atoms with Crippen molar-refractivity contribution >= 4 is 11.9 Å². The Morgan fingerprint density at radius 1 is 1.18 bits per heavy atom. The van der Waals surface area contributed by atoms with Gasteiger partial charge >= 0.3 is 11.9 Å². The van der Waals surface area contributed by atoms with Gasteiger partial charge in [-0.1, -0.05) is 0 Å². The van der Waals surface area contributed by atoms with Crippen LogP contribution in [0.15, 0.2) is 0 Å². The second kappa shape index (κ2) is 8.82. The van der Waals surface area contributed by atoms with Gasteiger partial charge in [-0.05, 0) is 0 Å². The van der Waals surface area contributed by atoms with Crippen LogP contribution in [-0.2, 0) is 14.5 Å². The molecule has 0 radical (unpaired) electrons. The predicted molar refractivity (Wildman–Crippen MR) is 30.9 cm³/mol. The fourth-order valence-electron chi connectivity index (χ4n) is 0.0552. The molecule has 0 aliphatic carbocycles. The van der Waals surface area contributed by atoms with E-state index in [1.807, 2.05) is 0 Å². The normalized spacial score (nSPS) is 7.82. The summed E-state index contributed by atoms with van der Waals surface area (Å²) in [6, 6.07) is 0. The molecule has 0 aromatic carbocycles. The summed E-state index contributed by atoms with van der Waals surface area (Å²) in [4.78, 5) is 21.6. The summed E-state index contributed by atoms with van der Waals surface area (Å²) in [5.41, 5.74) is 0. The Morgan fingerprint density at radius 2 is 1.55 bits per heavy atom.